The molecule has 9 heteroatoms. The molecule has 0 spiro atoms. The van der Waals surface area contributed by atoms with Gasteiger partial charge in [0.25, 0.3) is 0 Å². The highest BCUT2D eigenvalue weighted by Crippen LogP contribution is 2.30. The quantitative estimate of drug-likeness (QED) is 0.851. The summed E-state index contributed by atoms with van der Waals surface area (Å²) in [5.41, 5.74) is -0.249. The van der Waals surface area contributed by atoms with E-state index in [1.807, 2.05) is 0 Å². The number of carbonyl (C=O) groups is 2. The number of carboxylic acids is 1. The fraction of sp³-hybridized carbons (Fsp3) is 0.273. The minimum absolute atomic E-state index is 0.00181. The molecule has 1 atom stereocenters. The Kier molecular flexibility index (Phi) is 3.70. The van der Waals surface area contributed by atoms with Crippen LogP contribution >= 0.6 is 11.6 Å². The van der Waals surface area contributed by atoms with E-state index in [-0.39, 0.29) is 16.3 Å². The molecular formula is C11H9ClFNO5S. The number of amides is 1. The lowest BCUT2D eigenvalue weighted by atomic mass is 10.1. The van der Waals surface area contributed by atoms with Gasteiger partial charge in [0.2, 0.25) is 5.91 Å². The second-order valence-electron chi connectivity index (χ2n) is 4.27. The highest BCUT2D eigenvalue weighted by Gasteiger charge is 2.40. The molecule has 1 saturated heterocycles. The van der Waals surface area contributed by atoms with Gasteiger partial charge in [-0.3, -0.25) is 4.79 Å². The van der Waals surface area contributed by atoms with Gasteiger partial charge in [-0.2, -0.15) is 8.42 Å². The van der Waals surface area contributed by atoms with Crippen molar-refractivity contribution in [2.75, 3.05) is 11.4 Å². The smallest absolute Gasteiger partial charge is 0.337 e. The summed E-state index contributed by atoms with van der Waals surface area (Å²) in [6, 6.07) is 3.80. The molecule has 1 aromatic rings. The summed E-state index contributed by atoms with van der Waals surface area (Å²) in [6.45, 7) is -0.417. The summed E-state index contributed by atoms with van der Waals surface area (Å²) in [4.78, 5) is 23.8. The molecule has 1 aliphatic heterocycles. The maximum atomic E-state index is 12.9. The average Bonchev–Trinajstić information content (AvgIpc) is 2.71. The van der Waals surface area contributed by atoms with E-state index in [1.165, 1.54) is 12.1 Å². The van der Waals surface area contributed by atoms with Gasteiger partial charge in [-0.15, -0.1) is 3.89 Å². The molecular weight excluding hydrogens is 313 g/mol. The van der Waals surface area contributed by atoms with Crippen molar-refractivity contribution in [3.8, 4) is 0 Å². The number of nitrogens with zero attached hydrogens (tertiary/aromatic N) is 1. The fourth-order valence-corrected chi connectivity index (χ4v) is 2.85. The second kappa shape index (κ2) is 5.02. The topological polar surface area (TPSA) is 91.8 Å². The Balaban J connectivity index is 2.43. The third-order valence-corrected chi connectivity index (χ3v) is 4.31. The number of halogens is 2. The van der Waals surface area contributed by atoms with E-state index < -0.39 is 40.3 Å². The van der Waals surface area contributed by atoms with Gasteiger partial charge in [-0.1, -0.05) is 11.6 Å². The minimum atomic E-state index is -4.85. The van der Waals surface area contributed by atoms with E-state index in [2.05, 4.69) is 0 Å². The van der Waals surface area contributed by atoms with Crippen LogP contribution in [0.1, 0.15) is 16.8 Å². The van der Waals surface area contributed by atoms with Crippen LogP contribution in [0, 0.1) is 0 Å². The first-order chi connectivity index (χ1) is 9.20. The standard InChI is InChI=1S/C11H9ClFNO5S/c12-6-1-2-9(8(3-6)11(16)17)14-5-7(4-10(14)15)20(13,18)19/h1-3,7H,4-5H2,(H,16,17). The van der Waals surface area contributed by atoms with Crippen LogP contribution in [-0.4, -0.2) is 37.2 Å². The van der Waals surface area contributed by atoms with Gasteiger partial charge in [0, 0.05) is 18.0 Å². The zero-order valence-electron chi connectivity index (χ0n) is 9.92. The Morgan fingerprint density at radius 1 is 1.45 bits per heavy atom. The van der Waals surface area contributed by atoms with Crippen molar-refractivity contribution in [2.24, 2.45) is 0 Å². The van der Waals surface area contributed by atoms with E-state index in [9.17, 15) is 21.9 Å². The van der Waals surface area contributed by atoms with Crippen LogP contribution in [0.2, 0.25) is 5.02 Å². The largest absolute Gasteiger partial charge is 0.478 e. The molecule has 1 aliphatic rings. The molecule has 1 heterocycles. The van der Waals surface area contributed by atoms with Gasteiger partial charge >= 0.3 is 16.2 Å². The monoisotopic (exact) mass is 321 g/mol. The normalized spacial score (nSPS) is 19.4. The first-order valence-electron chi connectivity index (χ1n) is 5.47. The zero-order valence-corrected chi connectivity index (χ0v) is 11.5. The first-order valence-corrected chi connectivity index (χ1v) is 7.29. The van der Waals surface area contributed by atoms with Crippen LogP contribution in [0.4, 0.5) is 9.57 Å². The van der Waals surface area contributed by atoms with E-state index >= 15 is 0 Å². The lowest BCUT2D eigenvalue weighted by molar-refractivity contribution is -0.117. The number of hydrogen-bond acceptors (Lipinski definition) is 4. The molecule has 0 bridgehead atoms. The number of benzene rings is 1. The average molecular weight is 322 g/mol. The molecule has 108 valence electrons. The van der Waals surface area contributed by atoms with Crippen LogP contribution in [-0.2, 0) is 15.0 Å². The molecule has 1 unspecified atom stereocenters. The highest BCUT2D eigenvalue weighted by atomic mass is 35.5. The van der Waals surface area contributed by atoms with Crippen molar-refractivity contribution < 1.29 is 27.0 Å². The summed E-state index contributed by atoms with van der Waals surface area (Å²) < 4.78 is 34.6. The van der Waals surface area contributed by atoms with Gasteiger partial charge in [0.15, 0.2) is 0 Å². The van der Waals surface area contributed by atoms with Crippen molar-refractivity contribution in [1.29, 1.82) is 0 Å². The number of anilines is 1. The van der Waals surface area contributed by atoms with Crippen molar-refractivity contribution >= 4 is 39.4 Å². The maximum absolute atomic E-state index is 12.9. The number of carbonyl (C=O) groups excluding carboxylic acids is 1. The summed E-state index contributed by atoms with van der Waals surface area (Å²) in [7, 11) is -4.85. The predicted molar refractivity (Wildman–Crippen MR) is 69.2 cm³/mol. The number of hydrogen-bond donors (Lipinski definition) is 1. The lowest BCUT2D eigenvalue weighted by Crippen LogP contribution is -2.28. The van der Waals surface area contributed by atoms with Gasteiger partial charge in [-0.25, -0.2) is 4.79 Å². The Hall–Kier alpha value is -1.67. The molecule has 2 rings (SSSR count). The molecule has 0 radical (unpaired) electrons. The number of aromatic carboxylic acids is 1. The molecule has 0 aliphatic carbocycles. The Morgan fingerprint density at radius 2 is 2.10 bits per heavy atom. The SMILES string of the molecule is O=C(O)c1cc(Cl)ccc1N1CC(S(=O)(=O)F)CC1=O. The number of carboxylic acid groups (broad SMARTS) is 1. The Bertz CT molecular complexity index is 690. The van der Waals surface area contributed by atoms with E-state index in [0.717, 1.165) is 11.0 Å². The molecule has 1 fully saturated rings. The Labute approximate surface area is 119 Å². The Morgan fingerprint density at radius 3 is 2.60 bits per heavy atom. The molecule has 0 aromatic heterocycles. The number of rotatable bonds is 3. The van der Waals surface area contributed by atoms with Crippen molar-refractivity contribution in [3.63, 3.8) is 0 Å². The molecule has 1 amide bonds. The highest BCUT2D eigenvalue weighted by molar-refractivity contribution is 7.87. The molecule has 1 aromatic carbocycles. The molecule has 1 N–H and O–H groups in total. The van der Waals surface area contributed by atoms with Crippen molar-refractivity contribution in [2.45, 2.75) is 11.7 Å². The summed E-state index contributed by atoms with van der Waals surface area (Å²) in [5, 5.41) is 7.75. The van der Waals surface area contributed by atoms with Crippen molar-refractivity contribution in [1.82, 2.24) is 0 Å². The van der Waals surface area contributed by atoms with Crippen LogP contribution in [0.25, 0.3) is 0 Å². The van der Waals surface area contributed by atoms with Crippen LogP contribution in [0.3, 0.4) is 0 Å². The van der Waals surface area contributed by atoms with Gasteiger partial charge in [0.1, 0.15) is 5.25 Å². The summed E-state index contributed by atoms with van der Waals surface area (Å²) >= 11 is 5.68. The van der Waals surface area contributed by atoms with Crippen LogP contribution < -0.4 is 4.90 Å². The van der Waals surface area contributed by atoms with Crippen LogP contribution in [0.5, 0.6) is 0 Å². The van der Waals surface area contributed by atoms with Gasteiger partial charge < -0.3 is 10.0 Å². The third kappa shape index (κ3) is 2.75. The third-order valence-electron chi connectivity index (χ3n) is 2.97. The molecule has 6 nitrogen and oxygen atoms in total. The first kappa shape index (κ1) is 14.7. The molecule has 20 heavy (non-hydrogen) atoms. The van der Waals surface area contributed by atoms with Crippen molar-refractivity contribution in [3.05, 3.63) is 28.8 Å². The van der Waals surface area contributed by atoms with Gasteiger partial charge in [-0.05, 0) is 18.2 Å². The van der Waals surface area contributed by atoms with Gasteiger partial charge in [0.05, 0.1) is 11.3 Å². The minimum Gasteiger partial charge on any atom is -0.478 e. The predicted octanol–water partition coefficient (Wildman–Crippen LogP) is 1.44. The van der Waals surface area contributed by atoms with Crippen LogP contribution in [0.15, 0.2) is 18.2 Å². The summed E-state index contributed by atoms with van der Waals surface area (Å²) in [6.07, 6.45) is -0.513. The van der Waals surface area contributed by atoms with E-state index in [1.54, 1.807) is 0 Å². The van der Waals surface area contributed by atoms with E-state index in [4.69, 9.17) is 16.7 Å². The van der Waals surface area contributed by atoms with E-state index in [0.29, 0.717) is 0 Å². The summed E-state index contributed by atoms with van der Waals surface area (Å²) in [5.74, 6) is -1.97. The fourth-order valence-electron chi connectivity index (χ4n) is 2.01. The zero-order chi connectivity index (χ0) is 15.1. The lowest BCUT2D eigenvalue weighted by Gasteiger charge is -2.18. The maximum Gasteiger partial charge on any atom is 0.337 e. The second-order valence-corrected chi connectivity index (χ2v) is 6.33. The molecule has 0 saturated carbocycles.